The molecule has 0 atom stereocenters. The first-order valence-corrected chi connectivity index (χ1v) is 16.0. The SMILES string of the molecule is CCc1c(N2CCN(c3c[nH]n(C4CC4)c3=O)CC2)c(=O)n2nc(C3=CCOCC3)nc2n1CC(=O)Nc1ccc(C(F)(F)F)nc1Cl. The number of fused-ring (bicyclic) bond motifs is 1. The van der Waals surface area contributed by atoms with E-state index in [1.165, 1.54) is 4.52 Å². The van der Waals surface area contributed by atoms with Crippen molar-refractivity contribution in [1.29, 1.82) is 0 Å². The fraction of sp³-hybridized carbons (Fsp3) is 0.467. The zero-order valence-electron chi connectivity index (χ0n) is 25.9. The molecule has 0 aromatic carbocycles. The average Bonchev–Trinajstić information content (AvgIpc) is 3.69. The van der Waals surface area contributed by atoms with Gasteiger partial charge in [-0.2, -0.15) is 22.7 Å². The molecule has 1 saturated heterocycles. The molecule has 14 nitrogen and oxygen atoms in total. The van der Waals surface area contributed by atoms with E-state index < -0.39 is 28.5 Å². The second-order valence-electron chi connectivity index (χ2n) is 11.9. The van der Waals surface area contributed by atoms with Crippen LogP contribution in [0.3, 0.4) is 0 Å². The molecule has 0 bridgehead atoms. The molecule has 2 fully saturated rings. The number of hydrogen-bond acceptors (Lipinski definition) is 9. The molecule has 0 radical (unpaired) electrons. The molecular formula is C30H32ClF3N10O4. The number of rotatable bonds is 8. The predicted molar refractivity (Wildman–Crippen MR) is 171 cm³/mol. The van der Waals surface area contributed by atoms with Crippen LogP contribution in [-0.4, -0.2) is 79.2 Å². The Kier molecular flexibility index (Phi) is 8.27. The monoisotopic (exact) mass is 688 g/mol. The van der Waals surface area contributed by atoms with Crippen LogP contribution in [0.5, 0.6) is 0 Å². The molecule has 2 aliphatic heterocycles. The lowest BCUT2D eigenvalue weighted by molar-refractivity contribution is -0.141. The molecule has 2 N–H and O–H groups in total. The molecule has 1 aliphatic carbocycles. The van der Waals surface area contributed by atoms with Crippen LogP contribution in [0, 0.1) is 0 Å². The summed E-state index contributed by atoms with van der Waals surface area (Å²) < 4.78 is 49.2. The second kappa shape index (κ2) is 12.4. The molecule has 4 aromatic heterocycles. The van der Waals surface area contributed by atoms with Gasteiger partial charge in [-0.25, -0.2) is 9.67 Å². The van der Waals surface area contributed by atoms with Gasteiger partial charge in [0.15, 0.2) is 11.0 Å². The Hall–Kier alpha value is -4.64. The van der Waals surface area contributed by atoms with Crippen LogP contribution >= 0.6 is 11.6 Å². The number of amides is 1. The third-order valence-corrected chi connectivity index (χ3v) is 9.04. The Morgan fingerprint density at radius 3 is 2.50 bits per heavy atom. The fourth-order valence-electron chi connectivity index (χ4n) is 6.19. The van der Waals surface area contributed by atoms with Crippen molar-refractivity contribution in [3.8, 4) is 0 Å². The van der Waals surface area contributed by atoms with Crippen LogP contribution in [0.25, 0.3) is 11.4 Å². The van der Waals surface area contributed by atoms with E-state index in [-0.39, 0.29) is 29.6 Å². The second-order valence-corrected chi connectivity index (χ2v) is 12.2. The summed E-state index contributed by atoms with van der Waals surface area (Å²) in [6, 6.07) is 1.99. The lowest BCUT2D eigenvalue weighted by atomic mass is 10.1. The van der Waals surface area contributed by atoms with Gasteiger partial charge in [0.25, 0.3) is 11.1 Å². The van der Waals surface area contributed by atoms with Gasteiger partial charge in [0.05, 0.1) is 30.6 Å². The van der Waals surface area contributed by atoms with Gasteiger partial charge in [0.2, 0.25) is 11.7 Å². The van der Waals surface area contributed by atoms with Gasteiger partial charge in [-0.3, -0.25) is 14.4 Å². The molecule has 4 aromatic rings. The lowest BCUT2D eigenvalue weighted by Crippen LogP contribution is -2.50. The highest BCUT2D eigenvalue weighted by molar-refractivity contribution is 6.32. The van der Waals surface area contributed by atoms with Crippen molar-refractivity contribution in [3.63, 3.8) is 0 Å². The summed E-state index contributed by atoms with van der Waals surface area (Å²) in [7, 11) is 0. The first kappa shape index (κ1) is 31.9. The number of hydrogen-bond donors (Lipinski definition) is 2. The van der Waals surface area contributed by atoms with E-state index in [1.54, 1.807) is 15.4 Å². The van der Waals surface area contributed by atoms with Crippen molar-refractivity contribution in [2.24, 2.45) is 0 Å². The Bertz CT molecular complexity index is 2040. The molecule has 1 amide bonds. The summed E-state index contributed by atoms with van der Waals surface area (Å²) >= 11 is 6.01. The number of nitrogens with zero attached hydrogens (tertiary/aromatic N) is 8. The van der Waals surface area contributed by atoms with Gasteiger partial charge in [-0.15, -0.1) is 5.10 Å². The fourth-order valence-corrected chi connectivity index (χ4v) is 6.39. The summed E-state index contributed by atoms with van der Waals surface area (Å²) in [5.41, 5.74) is 0.541. The van der Waals surface area contributed by atoms with Gasteiger partial charge in [0.1, 0.15) is 23.6 Å². The first-order chi connectivity index (χ1) is 23.0. The minimum absolute atomic E-state index is 0.0594. The Balaban J connectivity index is 1.23. The van der Waals surface area contributed by atoms with Gasteiger partial charge >= 0.3 is 6.18 Å². The molecular weight excluding hydrogens is 657 g/mol. The molecule has 0 unspecified atom stereocenters. The van der Waals surface area contributed by atoms with Crippen LogP contribution in [-0.2, 0) is 28.7 Å². The highest BCUT2D eigenvalue weighted by Gasteiger charge is 2.34. The summed E-state index contributed by atoms with van der Waals surface area (Å²) in [4.78, 5) is 52.6. The van der Waals surface area contributed by atoms with Crippen LogP contribution < -0.4 is 26.2 Å². The average molecular weight is 689 g/mol. The lowest BCUT2D eigenvalue weighted by Gasteiger charge is -2.37. The van der Waals surface area contributed by atoms with Gasteiger partial charge in [-0.1, -0.05) is 24.6 Å². The number of aromatic amines is 1. The maximum Gasteiger partial charge on any atom is 0.433 e. The summed E-state index contributed by atoms with van der Waals surface area (Å²) in [6.45, 7) is 4.16. The van der Waals surface area contributed by atoms with Gasteiger partial charge < -0.3 is 29.5 Å². The van der Waals surface area contributed by atoms with E-state index in [0.717, 1.165) is 30.5 Å². The van der Waals surface area contributed by atoms with Crippen molar-refractivity contribution in [2.45, 2.75) is 51.4 Å². The summed E-state index contributed by atoms with van der Waals surface area (Å²) in [5.74, 6) is -0.145. The maximum absolute atomic E-state index is 14.2. The minimum Gasteiger partial charge on any atom is -0.377 e. The number of pyridine rings is 1. The molecule has 1 saturated carbocycles. The number of carbonyl (C=O) groups is 1. The molecule has 3 aliphatic rings. The smallest absolute Gasteiger partial charge is 0.377 e. The van der Waals surface area contributed by atoms with Crippen molar-refractivity contribution in [3.05, 3.63) is 67.5 Å². The summed E-state index contributed by atoms with van der Waals surface area (Å²) in [5, 5.41) is 9.66. The topological polar surface area (TPSA) is 148 Å². The number of piperazine rings is 1. The Labute approximate surface area is 275 Å². The zero-order chi connectivity index (χ0) is 33.7. The highest BCUT2D eigenvalue weighted by atomic mass is 35.5. The van der Waals surface area contributed by atoms with E-state index in [9.17, 15) is 27.6 Å². The zero-order valence-corrected chi connectivity index (χ0v) is 26.6. The third kappa shape index (κ3) is 5.96. The molecule has 18 heteroatoms. The van der Waals surface area contributed by atoms with Crippen LogP contribution in [0.2, 0.25) is 5.15 Å². The number of nitrogens with one attached hydrogen (secondary N) is 2. The van der Waals surface area contributed by atoms with E-state index in [1.807, 2.05) is 22.8 Å². The number of aromatic nitrogens is 7. The van der Waals surface area contributed by atoms with E-state index in [4.69, 9.17) is 16.3 Å². The minimum atomic E-state index is -4.70. The number of ether oxygens (including phenoxy) is 1. The van der Waals surface area contributed by atoms with E-state index in [2.05, 4.69) is 25.5 Å². The van der Waals surface area contributed by atoms with E-state index in [0.29, 0.717) is 75.1 Å². The quantitative estimate of drug-likeness (QED) is 0.267. The van der Waals surface area contributed by atoms with Gasteiger partial charge in [0, 0.05) is 32.4 Å². The van der Waals surface area contributed by atoms with Crippen molar-refractivity contribution < 1.29 is 22.7 Å². The number of H-pyrrole nitrogens is 1. The number of anilines is 3. The molecule has 6 heterocycles. The number of carbonyl (C=O) groups excluding carboxylic acids is 1. The molecule has 254 valence electrons. The van der Waals surface area contributed by atoms with Crippen molar-refractivity contribution in [2.75, 3.05) is 54.5 Å². The number of halogens is 4. The van der Waals surface area contributed by atoms with Crippen LogP contribution in [0.15, 0.2) is 34.0 Å². The predicted octanol–water partition coefficient (Wildman–Crippen LogP) is 3.11. The molecule has 0 spiro atoms. The van der Waals surface area contributed by atoms with Crippen molar-refractivity contribution in [1.82, 2.24) is 33.9 Å². The largest absolute Gasteiger partial charge is 0.433 e. The Morgan fingerprint density at radius 1 is 1.10 bits per heavy atom. The summed E-state index contributed by atoms with van der Waals surface area (Å²) in [6.07, 6.45) is 1.72. The maximum atomic E-state index is 14.2. The molecule has 7 rings (SSSR count). The van der Waals surface area contributed by atoms with Crippen LogP contribution in [0.4, 0.5) is 30.2 Å². The Morgan fingerprint density at radius 2 is 1.85 bits per heavy atom. The molecule has 48 heavy (non-hydrogen) atoms. The third-order valence-electron chi connectivity index (χ3n) is 8.75. The van der Waals surface area contributed by atoms with Crippen LogP contribution in [0.1, 0.15) is 49.4 Å². The van der Waals surface area contributed by atoms with Crippen molar-refractivity contribution >= 4 is 45.9 Å². The first-order valence-electron chi connectivity index (χ1n) is 15.7. The highest BCUT2D eigenvalue weighted by Crippen LogP contribution is 2.34. The number of alkyl halides is 3. The van der Waals surface area contributed by atoms with E-state index >= 15 is 0 Å². The standard InChI is InChI=1S/C30H32ClF3N10O4/c1-2-20-24(41-11-9-40(10-12-41)21-15-35-43(27(21)46)18-3-4-18)28(47)44-29(38-26(39-44)17-7-13-48-14-8-17)42(20)16-23(45)36-19-5-6-22(30(32,33)34)37-25(19)31/h5-7,15,18,35H,2-4,8-14,16H2,1H3,(H,36,45). The van der Waals surface area contributed by atoms with Gasteiger partial charge in [-0.05, 0) is 43.4 Å². The normalized spacial score (nSPS) is 17.2.